The molecule has 5 rings (SSSR count). The van der Waals surface area contributed by atoms with Crippen LogP contribution in [-0.4, -0.2) is 36.9 Å². The summed E-state index contributed by atoms with van der Waals surface area (Å²) in [6.45, 7) is 4.85. The second-order valence-electron chi connectivity index (χ2n) is 11.4. The summed E-state index contributed by atoms with van der Waals surface area (Å²) in [6, 6.07) is 8.05. The van der Waals surface area contributed by atoms with Gasteiger partial charge in [-0.2, -0.15) is 0 Å². The molecule has 1 aliphatic heterocycles. The molecule has 174 valence electrons. The third-order valence-corrected chi connectivity index (χ3v) is 10.2. The average molecular weight is 439 g/mol. The van der Waals surface area contributed by atoms with Gasteiger partial charge in [-0.15, -0.1) is 0 Å². The maximum absolute atomic E-state index is 13.4. The molecular weight excluding hydrogens is 400 g/mol. The molecule has 0 radical (unpaired) electrons. The van der Waals surface area contributed by atoms with Gasteiger partial charge in [0.15, 0.2) is 0 Å². The molecule has 1 aromatic carbocycles. The first kappa shape index (κ1) is 21.8. The van der Waals surface area contributed by atoms with Crippen molar-refractivity contribution in [2.75, 3.05) is 19.5 Å². The number of carbonyl (C=O) groups is 2. The molecule has 5 nitrogen and oxygen atoms in total. The molecule has 0 aromatic heterocycles. The quantitative estimate of drug-likeness (QED) is 0.713. The number of likely N-dealkylation sites (tertiary alicyclic amines) is 1. The van der Waals surface area contributed by atoms with E-state index in [1.807, 2.05) is 31.3 Å². The lowest BCUT2D eigenvalue weighted by molar-refractivity contribution is -0.159. The first-order valence-corrected chi connectivity index (χ1v) is 12.5. The second kappa shape index (κ2) is 7.78. The van der Waals surface area contributed by atoms with Crippen LogP contribution in [0.15, 0.2) is 24.3 Å². The van der Waals surface area contributed by atoms with Crippen molar-refractivity contribution < 1.29 is 14.3 Å². The zero-order valence-corrected chi connectivity index (χ0v) is 20.0. The molecule has 3 aliphatic carbocycles. The summed E-state index contributed by atoms with van der Waals surface area (Å²) in [5.41, 5.74) is 1.12. The Morgan fingerprint density at radius 2 is 1.84 bits per heavy atom. The van der Waals surface area contributed by atoms with E-state index in [1.165, 1.54) is 12.8 Å². The Bertz CT molecular complexity index is 916. The SMILES string of the molecule is COc1cccc(NC(=O)[C@H]2CC[C@H]3[C@@H]4CC[C@H]5N(C)C(=O)CC[C@]5(C)[C@H]4CC[C@]23C)c1. The van der Waals surface area contributed by atoms with Crippen LogP contribution in [-0.2, 0) is 9.59 Å². The van der Waals surface area contributed by atoms with E-state index >= 15 is 0 Å². The molecule has 4 fully saturated rings. The van der Waals surface area contributed by atoms with E-state index in [0.717, 1.165) is 43.5 Å². The van der Waals surface area contributed by atoms with Gasteiger partial charge in [0, 0.05) is 37.2 Å². The third kappa shape index (κ3) is 3.18. The summed E-state index contributed by atoms with van der Waals surface area (Å²) in [4.78, 5) is 27.8. The van der Waals surface area contributed by atoms with Crippen molar-refractivity contribution in [3.05, 3.63) is 24.3 Å². The van der Waals surface area contributed by atoms with Crippen LogP contribution < -0.4 is 10.1 Å². The lowest BCUT2D eigenvalue weighted by Crippen LogP contribution is -2.61. The molecule has 7 atom stereocenters. The molecule has 1 saturated heterocycles. The number of hydrogen-bond acceptors (Lipinski definition) is 3. The van der Waals surface area contributed by atoms with Crippen molar-refractivity contribution in [3.8, 4) is 5.75 Å². The first-order chi connectivity index (χ1) is 15.3. The van der Waals surface area contributed by atoms with E-state index in [2.05, 4.69) is 24.1 Å². The van der Waals surface area contributed by atoms with Gasteiger partial charge < -0.3 is 15.0 Å². The fourth-order valence-corrected chi connectivity index (χ4v) is 8.51. The van der Waals surface area contributed by atoms with Crippen molar-refractivity contribution >= 4 is 17.5 Å². The number of nitrogens with one attached hydrogen (secondary N) is 1. The molecule has 0 spiro atoms. The minimum Gasteiger partial charge on any atom is -0.497 e. The van der Waals surface area contributed by atoms with Gasteiger partial charge in [0.05, 0.1) is 7.11 Å². The van der Waals surface area contributed by atoms with E-state index in [0.29, 0.717) is 36.1 Å². The van der Waals surface area contributed by atoms with Gasteiger partial charge in [-0.05, 0) is 85.7 Å². The largest absolute Gasteiger partial charge is 0.497 e. The Morgan fingerprint density at radius 1 is 1.06 bits per heavy atom. The van der Waals surface area contributed by atoms with Crippen LogP contribution in [0.4, 0.5) is 5.69 Å². The molecular formula is C27H38N2O3. The van der Waals surface area contributed by atoms with Gasteiger partial charge in [-0.25, -0.2) is 0 Å². The van der Waals surface area contributed by atoms with Crippen LogP contribution in [0.2, 0.25) is 0 Å². The van der Waals surface area contributed by atoms with Gasteiger partial charge in [-0.1, -0.05) is 19.9 Å². The Balaban J connectivity index is 1.35. The summed E-state index contributed by atoms with van der Waals surface area (Å²) in [6.07, 6.45) is 8.50. The van der Waals surface area contributed by atoms with Crippen molar-refractivity contribution in [2.45, 2.75) is 71.3 Å². The zero-order chi connectivity index (χ0) is 22.7. The molecule has 1 aromatic rings. The number of benzene rings is 1. The molecule has 32 heavy (non-hydrogen) atoms. The van der Waals surface area contributed by atoms with Gasteiger partial charge in [-0.3, -0.25) is 9.59 Å². The number of rotatable bonds is 3. The van der Waals surface area contributed by atoms with E-state index in [9.17, 15) is 9.59 Å². The van der Waals surface area contributed by atoms with Crippen LogP contribution in [0.1, 0.15) is 65.2 Å². The number of nitrogens with zero attached hydrogens (tertiary/aromatic N) is 1. The monoisotopic (exact) mass is 438 g/mol. The summed E-state index contributed by atoms with van der Waals surface area (Å²) in [5.74, 6) is 3.30. The normalized spacial score (nSPS) is 40.8. The highest BCUT2D eigenvalue weighted by atomic mass is 16.5. The molecule has 0 bridgehead atoms. The molecule has 4 aliphatic rings. The lowest BCUT2D eigenvalue weighted by atomic mass is 9.47. The highest BCUT2D eigenvalue weighted by molar-refractivity contribution is 5.93. The van der Waals surface area contributed by atoms with Crippen LogP contribution >= 0.6 is 0 Å². The first-order valence-electron chi connectivity index (χ1n) is 12.5. The number of carbonyl (C=O) groups excluding carboxylic acids is 2. The van der Waals surface area contributed by atoms with Crippen molar-refractivity contribution in [1.29, 1.82) is 0 Å². The van der Waals surface area contributed by atoms with Gasteiger partial charge in [0.1, 0.15) is 5.75 Å². The Labute approximate surface area is 192 Å². The summed E-state index contributed by atoms with van der Waals surface area (Å²) in [5, 5.41) is 3.19. The van der Waals surface area contributed by atoms with Gasteiger partial charge in [0.2, 0.25) is 11.8 Å². The number of piperidine rings is 1. The Hall–Kier alpha value is -2.04. The summed E-state index contributed by atoms with van der Waals surface area (Å²) >= 11 is 0. The number of fused-ring (bicyclic) bond motifs is 5. The Kier molecular flexibility index (Phi) is 5.29. The van der Waals surface area contributed by atoms with Crippen LogP contribution in [0.5, 0.6) is 5.75 Å². The topological polar surface area (TPSA) is 58.6 Å². The smallest absolute Gasteiger partial charge is 0.228 e. The maximum Gasteiger partial charge on any atom is 0.228 e. The van der Waals surface area contributed by atoms with Gasteiger partial charge in [0.25, 0.3) is 0 Å². The van der Waals surface area contributed by atoms with E-state index in [1.54, 1.807) is 7.11 Å². The molecule has 2 amide bonds. The predicted molar refractivity (Wildman–Crippen MR) is 125 cm³/mol. The van der Waals surface area contributed by atoms with Gasteiger partial charge >= 0.3 is 0 Å². The van der Waals surface area contributed by atoms with Crippen LogP contribution in [0.3, 0.4) is 0 Å². The number of anilines is 1. The highest BCUT2D eigenvalue weighted by Gasteiger charge is 2.62. The molecule has 1 heterocycles. The molecule has 3 saturated carbocycles. The fraction of sp³-hybridized carbons (Fsp3) is 0.704. The number of methoxy groups -OCH3 is 1. The molecule has 5 heteroatoms. The molecule has 0 unspecified atom stereocenters. The average Bonchev–Trinajstić information content (AvgIpc) is 3.14. The van der Waals surface area contributed by atoms with E-state index < -0.39 is 0 Å². The van der Waals surface area contributed by atoms with Crippen molar-refractivity contribution in [2.24, 2.45) is 34.5 Å². The standard InChI is InChI=1S/C27H38N2O3/c1-26-14-12-21-19(8-11-23-27(21,2)15-13-24(30)29(23)3)20(26)9-10-22(26)25(31)28-17-6-5-7-18(16-17)32-4/h5-7,16,19-23H,8-15H2,1-4H3,(H,28,31)/t19-,20-,21-,22+,23+,26-,27+/m0/s1. The molecule has 1 N–H and O–H groups in total. The minimum atomic E-state index is 0.0702. The third-order valence-electron chi connectivity index (χ3n) is 10.2. The predicted octanol–water partition coefficient (Wildman–Crippen LogP) is 5.11. The minimum absolute atomic E-state index is 0.0702. The Morgan fingerprint density at radius 3 is 2.62 bits per heavy atom. The highest BCUT2D eigenvalue weighted by Crippen LogP contribution is 2.66. The zero-order valence-electron chi connectivity index (χ0n) is 20.0. The summed E-state index contributed by atoms with van der Waals surface area (Å²) < 4.78 is 5.32. The van der Waals surface area contributed by atoms with Crippen molar-refractivity contribution in [1.82, 2.24) is 4.90 Å². The number of ether oxygens (including phenoxy) is 1. The summed E-state index contributed by atoms with van der Waals surface area (Å²) in [7, 11) is 3.67. The van der Waals surface area contributed by atoms with Crippen LogP contribution in [0, 0.1) is 34.5 Å². The van der Waals surface area contributed by atoms with E-state index in [-0.39, 0.29) is 22.7 Å². The number of amides is 2. The lowest BCUT2D eigenvalue weighted by Gasteiger charge is -2.61. The number of hydrogen-bond donors (Lipinski definition) is 1. The maximum atomic E-state index is 13.4. The van der Waals surface area contributed by atoms with Crippen LogP contribution in [0.25, 0.3) is 0 Å². The van der Waals surface area contributed by atoms with E-state index in [4.69, 9.17) is 4.74 Å². The second-order valence-corrected chi connectivity index (χ2v) is 11.4. The van der Waals surface area contributed by atoms with Crippen molar-refractivity contribution in [3.63, 3.8) is 0 Å². The fourth-order valence-electron chi connectivity index (χ4n) is 8.51.